The van der Waals surface area contributed by atoms with Crippen LogP contribution in [0, 0.1) is 13.0 Å². The van der Waals surface area contributed by atoms with Crippen molar-refractivity contribution >= 4 is 17.0 Å². The molecule has 0 spiro atoms. The predicted octanol–water partition coefficient (Wildman–Crippen LogP) is 3.59. The summed E-state index contributed by atoms with van der Waals surface area (Å²) in [5, 5.41) is 3.19. The summed E-state index contributed by atoms with van der Waals surface area (Å²) >= 11 is 0. The van der Waals surface area contributed by atoms with Gasteiger partial charge in [-0.05, 0) is 37.3 Å². The van der Waals surface area contributed by atoms with Crippen molar-refractivity contribution in [2.75, 3.05) is 11.9 Å². The van der Waals surface area contributed by atoms with Crippen molar-refractivity contribution < 1.29 is 9.13 Å². The molecule has 1 aliphatic heterocycles. The molecule has 1 atom stereocenters. The highest BCUT2D eigenvalue weighted by molar-refractivity contribution is 5.82. The molecule has 0 amide bonds. The van der Waals surface area contributed by atoms with Crippen molar-refractivity contribution in [2.45, 2.75) is 39.0 Å². The van der Waals surface area contributed by atoms with Crippen molar-refractivity contribution in [3.8, 4) is 0 Å². The zero-order chi connectivity index (χ0) is 17.2. The molecule has 2 aromatic heterocycles. The molecule has 0 aliphatic carbocycles. The number of hydrogen-bond donors (Lipinski definition) is 1. The molecule has 3 aromatic rings. The number of nitrogens with one attached hydrogen (secondary N) is 1. The topological polar surface area (TPSA) is 64.9 Å². The van der Waals surface area contributed by atoms with Crippen molar-refractivity contribution in [2.24, 2.45) is 0 Å². The van der Waals surface area contributed by atoms with Gasteiger partial charge in [0.15, 0.2) is 17.0 Å². The molecule has 1 unspecified atom stereocenters. The molecule has 1 saturated heterocycles. The summed E-state index contributed by atoms with van der Waals surface area (Å²) in [5.41, 5.74) is 3.32. The van der Waals surface area contributed by atoms with Gasteiger partial charge in [0.2, 0.25) is 0 Å². The van der Waals surface area contributed by atoms with Crippen LogP contribution in [-0.4, -0.2) is 26.1 Å². The maximum absolute atomic E-state index is 14.0. The van der Waals surface area contributed by atoms with Crippen molar-refractivity contribution in [3.63, 3.8) is 0 Å². The number of hydrogen-bond acceptors (Lipinski definition) is 5. The fourth-order valence-electron chi connectivity index (χ4n) is 3.15. The second kappa shape index (κ2) is 6.76. The number of aromatic nitrogens is 4. The molecular weight excluding hydrogens is 321 g/mol. The Hall–Kier alpha value is -2.54. The molecule has 1 aromatic carbocycles. The molecule has 0 bridgehead atoms. The zero-order valence-electron chi connectivity index (χ0n) is 14.1. The summed E-state index contributed by atoms with van der Waals surface area (Å²) in [7, 11) is 0. The molecule has 1 aliphatic rings. The second-order valence-corrected chi connectivity index (χ2v) is 6.27. The van der Waals surface area contributed by atoms with E-state index in [1.54, 1.807) is 10.9 Å². The van der Waals surface area contributed by atoms with Gasteiger partial charge >= 0.3 is 6.08 Å². The summed E-state index contributed by atoms with van der Waals surface area (Å²) in [6.45, 7) is 3.30. The first-order valence-corrected chi connectivity index (χ1v) is 8.52. The second-order valence-electron chi connectivity index (χ2n) is 6.27. The molecule has 7 heteroatoms. The van der Waals surface area contributed by atoms with Gasteiger partial charge in [-0.3, -0.25) is 4.57 Å². The minimum atomic E-state index is -0.766. The van der Waals surface area contributed by atoms with Crippen LogP contribution in [0.5, 0.6) is 0 Å². The molecule has 1 fully saturated rings. The molecule has 4 rings (SSSR count). The molecule has 0 saturated carbocycles. The minimum absolute atomic E-state index is 0.141. The summed E-state index contributed by atoms with van der Waals surface area (Å²) in [5.74, 6) is 0.403. The SMILES string of the molecule is Cc1ccccc1CNc1nc(F)nc2c1ncn2C1CCCCO1. The van der Waals surface area contributed by atoms with Gasteiger partial charge in [-0.2, -0.15) is 14.4 Å². The van der Waals surface area contributed by atoms with Gasteiger partial charge in [0, 0.05) is 13.2 Å². The molecule has 0 radical (unpaired) electrons. The van der Waals surface area contributed by atoms with Gasteiger partial charge < -0.3 is 10.1 Å². The highest BCUT2D eigenvalue weighted by atomic mass is 19.1. The average molecular weight is 341 g/mol. The van der Waals surface area contributed by atoms with E-state index >= 15 is 0 Å². The van der Waals surface area contributed by atoms with Crippen LogP contribution in [0.15, 0.2) is 30.6 Å². The Balaban J connectivity index is 1.65. The largest absolute Gasteiger partial charge is 0.364 e. The van der Waals surface area contributed by atoms with Crippen LogP contribution < -0.4 is 5.32 Å². The lowest BCUT2D eigenvalue weighted by atomic mass is 10.1. The molecule has 25 heavy (non-hydrogen) atoms. The maximum atomic E-state index is 14.0. The van der Waals surface area contributed by atoms with E-state index < -0.39 is 6.08 Å². The van der Waals surface area contributed by atoms with Crippen LogP contribution in [-0.2, 0) is 11.3 Å². The number of anilines is 1. The molecular formula is C18H20FN5O. The Morgan fingerprint density at radius 1 is 1.28 bits per heavy atom. The summed E-state index contributed by atoms with van der Waals surface area (Å²) in [6.07, 6.45) is 3.76. The van der Waals surface area contributed by atoms with E-state index in [0.717, 1.165) is 24.8 Å². The number of benzene rings is 1. The van der Waals surface area contributed by atoms with Crippen LogP contribution in [0.3, 0.4) is 0 Å². The van der Waals surface area contributed by atoms with Crippen molar-refractivity contribution in [1.82, 2.24) is 19.5 Å². The summed E-state index contributed by atoms with van der Waals surface area (Å²) in [6, 6.07) is 8.05. The molecule has 6 nitrogen and oxygen atoms in total. The van der Waals surface area contributed by atoms with E-state index in [1.807, 2.05) is 31.2 Å². The first kappa shape index (κ1) is 16.0. The Morgan fingerprint density at radius 3 is 2.96 bits per heavy atom. The van der Waals surface area contributed by atoms with Crippen LogP contribution >= 0.6 is 0 Å². The average Bonchev–Trinajstić information content (AvgIpc) is 3.05. The van der Waals surface area contributed by atoms with Gasteiger partial charge in [-0.1, -0.05) is 24.3 Å². The minimum Gasteiger partial charge on any atom is -0.364 e. The molecule has 130 valence electrons. The van der Waals surface area contributed by atoms with Gasteiger partial charge in [0.1, 0.15) is 6.23 Å². The number of ether oxygens (including phenoxy) is 1. The Labute approximate surface area is 145 Å². The van der Waals surface area contributed by atoms with E-state index in [0.29, 0.717) is 30.1 Å². The molecule has 1 N–H and O–H groups in total. The third kappa shape index (κ3) is 3.19. The number of halogens is 1. The number of nitrogens with zero attached hydrogens (tertiary/aromatic N) is 4. The van der Waals surface area contributed by atoms with Crippen LogP contribution in [0.1, 0.15) is 36.6 Å². The lowest BCUT2D eigenvalue weighted by molar-refractivity contribution is -0.0298. The first-order valence-electron chi connectivity index (χ1n) is 8.52. The lowest BCUT2D eigenvalue weighted by Gasteiger charge is -2.23. The molecule has 3 heterocycles. The van der Waals surface area contributed by atoms with Crippen LogP contribution in [0.2, 0.25) is 0 Å². The summed E-state index contributed by atoms with van der Waals surface area (Å²) in [4.78, 5) is 12.2. The van der Waals surface area contributed by atoms with Gasteiger partial charge in [-0.15, -0.1) is 0 Å². The number of aryl methyl sites for hydroxylation is 1. The van der Waals surface area contributed by atoms with Crippen LogP contribution in [0.25, 0.3) is 11.2 Å². The van der Waals surface area contributed by atoms with E-state index in [-0.39, 0.29) is 6.23 Å². The number of rotatable bonds is 4. The highest BCUT2D eigenvalue weighted by Gasteiger charge is 2.21. The number of imidazole rings is 1. The third-order valence-electron chi connectivity index (χ3n) is 4.57. The van der Waals surface area contributed by atoms with E-state index in [2.05, 4.69) is 20.3 Å². The smallest absolute Gasteiger partial charge is 0.312 e. The van der Waals surface area contributed by atoms with Crippen molar-refractivity contribution in [3.05, 3.63) is 47.8 Å². The maximum Gasteiger partial charge on any atom is 0.312 e. The van der Waals surface area contributed by atoms with Crippen molar-refractivity contribution in [1.29, 1.82) is 0 Å². The fourth-order valence-corrected chi connectivity index (χ4v) is 3.15. The van der Waals surface area contributed by atoms with Gasteiger partial charge in [0.25, 0.3) is 0 Å². The Bertz CT molecular complexity index is 888. The van der Waals surface area contributed by atoms with E-state index in [1.165, 1.54) is 5.56 Å². The van der Waals surface area contributed by atoms with Crippen LogP contribution in [0.4, 0.5) is 10.2 Å². The quantitative estimate of drug-likeness (QED) is 0.735. The van der Waals surface area contributed by atoms with E-state index in [4.69, 9.17) is 4.74 Å². The Kier molecular flexibility index (Phi) is 4.31. The third-order valence-corrected chi connectivity index (χ3v) is 4.57. The first-order chi connectivity index (χ1) is 12.2. The lowest BCUT2D eigenvalue weighted by Crippen LogP contribution is -2.18. The summed E-state index contributed by atoms with van der Waals surface area (Å²) < 4.78 is 21.6. The number of fused-ring (bicyclic) bond motifs is 1. The predicted molar refractivity (Wildman–Crippen MR) is 92.6 cm³/mol. The zero-order valence-corrected chi connectivity index (χ0v) is 14.1. The highest BCUT2D eigenvalue weighted by Crippen LogP contribution is 2.28. The fraction of sp³-hybridized carbons (Fsp3) is 0.389. The van der Waals surface area contributed by atoms with E-state index in [9.17, 15) is 4.39 Å². The standard InChI is InChI=1S/C18H20FN5O/c1-12-6-2-3-7-13(12)10-20-16-15-17(23-18(19)22-16)24(11-21-15)14-8-4-5-9-25-14/h2-3,6-7,11,14H,4-5,8-10H2,1H3,(H,20,22,23). The van der Waals surface area contributed by atoms with Gasteiger partial charge in [0.05, 0.1) is 6.33 Å². The monoisotopic (exact) mass is 341 g/mol. The Morgan fingerprint density at radius 2 is 2.16 bits per heavy atom. The van der Waals surface area contributed by atoms with Gasteiger partial charge in [-0.25, -0.2) is 4.98 Å². The normalized spacial score (nSPS) is 17.8.